The summed E-state index contributed by atoms with van der Waals surface area (Å²) in [5.41, 5.74) is 0. The lowest BCUT2D eigenvalue weighted by Crippen LogP contribution is -2.44. The highest BCUT2D eigenvalue weighted by molar-refractivity contribution is 7.12. The van der Waals surface area contributed by atoms with Gasteiger partial charge in [0, 0.05) is 19.3 Å². The second kappa shape index (κ2) is 16.9. The molecular weight excluding hydrogens is 457 g/mol. The highest BCUT2D eigenvalue weighted by Gasteiger charge is 2.32. The Labute approximate surface area is 210 Å². The zero-order valence-corrected chi connectivity index (χ0v) is 27.1. The summed E-state index contributed by atoms with van der Waals surface area (Å²) in [5, 5.41) is 0. The van der Waals surface area contributed by atoms with Crippen LogP contribution in [0.15, 0.2) is 12.1 Å². The van der Waals surface area contributed by atoms with Crippen LogP contribution in [0.1, 0.15) is 88.3 Å². The Morgan fingerprint density at radius 1 is 0.844 bits per heavy atom. The van der Waals surface area contributed by atoms with Crippen molar-refractivity contribution >= 4 is 37.5 Å². The van der Waals surface area contributed by atoms with Crippen LogP contribution in [0.5, 0.6) is 0 Å². The number of rotatable bonds is 20. The third-order valence-corrected chi connectivity index (χ3v) is 17.3. The van der Waals surface area contributed by atoms with Gasteiger partial charge in [0.25, 0.3) is 0 Å². The van der Waals surface area contributed by atoms with Gasteiger partial charge in [0.15, 0.2) is 16.6 Å². The van der Waals surface area contributed by atoms with Crippen molar-refractivity contribution in [1.29, 1.82) is 0 Å². The summed E-state index contributed by atoms with van der Waals surface area (Å²) >= 11 is 2.09. The first kappa shape index (κ1) is 30.3. The van der Waals surface area contributed by atoms with Gasteiger partial charge in [0.05, 0.1) is 0 Å². The third kappa shape index (κ3) is 14.5. The molecule has 0 aliphatic carbocycles. The van der Waals surface area contributed by atoms with E-state index in [2.05, 4.69) is 70.4 Å². The van der Waals surface area contributed by atoms with Crippen LogP contribution in [0.2, 0.25) is 50.4 Å². The molecule has 1 aromatic rings. The summed E-state index contributed by atoms with van der Waals surface area (Å²) in [5.74, 6) is 0.891. The van der Waals surface area contributed by atoms with Crippen molar-refractivity contribution in [3.8, 4) is 0 Å². The largest absolute Gasteiger partial charge is 0.455 e. The van der Waals surface area contributed by atoms with Crippen molar-refractivity contribution in [3.05, 3.63) is 21.9 Å². The van der Waals surface area contributed by atoms with Gasteiger partial charge in [-0.2, -0.15) is 0 Å². The topological polar surface area (TPSA) is 9.23 Å². The predicted molar refractivity (Wildman–Crippen MR) is 158 cm³/mol. The molecule has 1 unspecified atom stereocenters. The fraction of sp³-hybridized carbons (Fsp3) is 0.852. The number of hydrogen-bond acceptors (Lipinski definition) is 2. The SMILES string of the molecule is CCCCC(CC)Cc1ccc(CCCCCC[Si](C)(C)O[Si](C)(C)CCC[SiH2]CC)s1. The Kier molecular flexibility index (Phi) is 16.0. The molecule has 1 nitrogen and oxygen atoms in total. The van der Waals surface area contributed by atoms with Gasteiger partial charge in [0.1, 0.15) is 0 Å². The van der Waals surface area contributed by atoms with Crippen LogP contribution in [0.25, 0.3) is 0 Å². The Hall–Kier alpha value is 0.311. The highest BCUT2D eigenvalue weighted by Crippen LogP contribution is 2.27. The molecule has 0 radical (unpaired) electrons. The van der Waals surface area contributed by atoms with Crippen LogP contribution in [-0.4, -0.2) is 26.2 Å². The minimum Gasteiger partial charge on any atom is -0.455 e. The zero-order valence-electron chi connectivity index (χ0n) is 22.9. The molecular formula is C27H56OSSi3. The van der Waals surface area contributed by atoms with E-state index in [1.165, 1.54) is 94.8 Å². The lowest BCUT2D eigenvalue weighted by atomic mass is 9.95. The molecule has 188 valence electrons. The third-order valence-electron chi connectivity index (χ3n) is 6.89. The predicted octanol–water partition coefficient (Wildman–Crippen LogP) is 9.45. The fourth-order valence-electron chi connectivity index (χ4n) is 4.93. The summed E-state index contributed by atoms with van der Waals surface area (Å²) in [6, 6.07) is 10.6. The number of aryl methyl sites for hydroxylation is 1. The van der Waals surface area contributed by atoms with E-state index in [4.69, 9.17) is 4.12 Å². The Morgan fingerprint density at radius 2 is 1.50 bits per heavy atom. The maximum absolute atomic E-state index is 6.84. The molecule has 1 aromatic heterocycles. The second-order valence-electron chi connectivity index (χ2n) is 11.3. The van der Waals surface area contributed by atoms with Crippen molar-refractivity contribution in [2.75, 3.05) is 0 Å². The maximum atomic E-state index is 6.84. The van der Waals surface area contributed by atoms with Gasteiger partial charge in [-0.05, 0) is 75.6 Å². The van der Waals surface area contributed by atoms with Crippen molar-refractivity contribution in [3.63, 3.8) is 0 Å². The molecule has 0 amide bonds. The van der Waals surface area contributed by atoms with E-state index in [0.717, 1.165) is 5.92 Å². The summed E-state index contributed by atoms with van der Waals surface area (Å²) in [7, 11) is -2.69. The lowest BCUT2D eigenvalue weighted by molar-refractivity contribution is 0.452. The van der Waals surface area contributed by atoms with Gasteiger partial charge in [-0.15, -0.1) is 11.3 Å². The van der Waals surface area contributed by atoms with E-state index in [1.807, 2.05) is 0 Å². The molecule has 1 atom stereocenters. The van der Waals surface area contributed by atoms with Gasteiger partial charge in [-0.1, -0.05) is 84.2 Å². The number of hydrogen-bond donors (Lipinski definition) is 0. The molecule has 0 saturated carbocycles. The molecule has 0 saturated heterocycles. The molecule has 0 fully saturated rings. The van der Waals surface area contributed by atoms with E-state index < -0.39 is 16.6 Å². The second-order valence-corrected chi connectivity index (χ2v) is 23.9. The average Bonchev–Trinajstić information content (AvgIpc) is 3.17. The van der Waals surface area contributed by atoms with Gasteiger partial charge in [-0.3, -0.25) is 0 Å². The van der Waals surface area contributed by atoms with Crippen LogP contribution in [0.3, 0.4) is 0 Å². The van der Waals surface area contributed by atoms with Crippen LogP contribution in [0.4, 0.5) is 0 Å². The molecule has 32 heavy (non-hydrogen) atoms. The van der Waals surface area contributed by atoms with Crippen molar-refractivity contribution in [1.82, 2.24) is 0 Å². The fourth-order valence-corrected chi connectivity index (χ4v) is 16.7. The molecule has 0 bridgehead atoms. The maximum Gasteiger partial charge on any atom is 0.173 e. The van der Waals surface area contributed by atoms with Crippen LogP contribution in [0, 0.1) is 5.92 Å². The standard InChI is InChI=1S/C27H56OSSi3/c1-8-11-17-25(9-2)24-27-20-19-26(29-27)18-14-12-13-15-22-31(4,5)28-32(6,7)23-16-21-30-10-3/h19-20,25H,8-18,21-24,30H2,1-7H3. The molecule has 0 aliphatic rings. The summed E-state index contributed by atoms with van der Waals surface area (Å²) in [6.07, 6.45) is 15.0. The van der Waals surface area contributed by atoms with Crippen LogP contribution >= 0.6 is 11.3 Å². The lowest BCUT2D eigenvalue weighted by Gasteiger charge is -2.34. The summed E-state index contributed by atoms with van der Waals surface area (Å²) in [4.78, 5) is 3.24. The van der Waals surface area contributed by atoms with Crippen LogP contribution in [-0.2, 0) is 17.0 Å². The Morgan fingerprint density at radius 3 is 2.16 bits per heavy atom. The average molecular weight is 513 g/mol. The van der Waals surface area contributed by atoms with Crippen molar-refractivity contribution in [2.45, 2.75) is 142 Å². The first-order valence-corrected chi connectivity index (χ1v) is 23.0. The molecule has 0 aliphatic heterocycles. The first-order valence-electron chi connectivity index (χ1n) is 14.0. The van der Waals surface area contributed by atoms with Crippen molar-refractivity contribution < 1.29 is 4.12 Å². The Bertz CT molecular complexity index is 585. The summed E-state index contributed by atoms with van der Waals surface area (Å²) in [6.45, 7) is 16.9. The molecule has 5 heteroatoms. The van der Waals surface area contributed by atoms with Crippen LogP contribution < -0.4 is 0 Å². The van der Waals surface area contributed by atoms with E-state index >= 15 is 0 Å². The quantitative estimate of drug-likeness (QED) is 0.125. The molecule has 1 heterocycles. The molecule has 1 rings (SSSR count). The van der Waals surface area contributed by atoms with Gasteiger partial charge in [0.2, 0.25) is 0 Å². The smallest absolute Gasteiger partial charge is 0.173 e. The van der Waals surface area contributed by atoms with Gasteiger partial charge < -0.3 is 4.12 Å². The molecule has 0 aromatic carbocycles. The normalized spacial score (nSPS) is 14.0. The molecule has 0 N–H and O–H groups in total. The van der Waals surface area contributed by atoms with E-state index in [-0.39, 0.29) is 9.52 Å². The number of unbranched alkanes of at least 4 members (excludes halogenated alkanes) is 4. The van der Waals surface area contributed by atoms with Gasteiger partial charge in [-0.25, -0.2) is 0 Å². The first-order chi connectivity index (χ1) is 15.2. The Balaban J connectivity index is 2.21. The number of thiophene rings is 1. The van der Waals surface area contributed by atoms with E-state index in [1.54, 1.807) is 9.75 Å². The minimum absolute atomic E-state index is 0.240. The zero-order chi connectivity index (χ0) is 23.9. The van der Waals surface area contributed by atoms with E-state index in [0.29, 0.717) is 0 Å². The van der Waals surface area contributed by atoms with E-state index in [9.17, 15) is 0 Å². The molecule has 0 spiro atoms. The monoisotopic (exact) mass is 512 g/mol. The minimum atomic E-state index is -1.48. The summed E-state index contributed by atoms with van der Waals surface area (Å²) < 4.78 is 6.84. The van der Waals surface area contributed by atoms with Gasteiger partial charge >= 0.3 is 0 Å². The highest BCUT2D eigenvalue weighted by atomic mass is 32.1. The van der Waals surface area contributed by atoms with Crippen molar-refractivity contribution in [2.24, 2.45) is 5.92 Å².